The minimum Gasteiger partial charge on any atom is -0.493 e. The highest BCUT2D eigenvalue weighted by Gasteiger charge is 2.19. The summed E-state index contributed by atoms with van der Waals surface area (Å²) in [5.74, 6) is -0.0317. The Morgan fingerprint density at radius 3 is 2.63 bits per heavy atom. The van der Waals surface area contributed by atoms with Gasteiger partial charge >= 0.3 is 0 Å². The van der Waals surface area contributed by atoms with Crippen LogP contribution in [0.5, 0.6) is 11.5 Å². The van der Waals surface area contributed by atoms with Crippen LogP contribution in [0.2, 0.25) is 0 Å². The van der Waals surface area contributed by atoms with Crippen molar-refractivity contribution in [3.05, 3.63) is 22.8 Å². The van der Waals surface area contributed by atoms with Crippen molar-refractivity contribution in [2.75, 3.05) is 14.2 Å². The van der Waals surface area contributed by atoms with E-state index < -0.39 is 5.82 Å². The van der Waals surface area contributed by atoms with Crippen LogP contribution in [0.1, 0.15) is 29.4 Å². The molecule has 102 valence electrons. The lowest BCUT2D eigenvalue weighted by molar-refractivity contribution is 0.0985. The number of ether oxygens (including phenoxy) is 2. The average Bonchev–Trinajstić information content (AvgIpc) is 2.83. The highest BCUT2D eigenvalue weighted by molar-refractivity contribution is 7.20. The Morgan fingerprint density at radius 1 is 1.32 bits per heavy atom. The van der Waals surface area contributed by atoms with Gasteiger partial charge in [0.15, 0.2) is 23.1 Å². The molecule has 0 atom stereocenters. The topological polar surface area (TPSA) is 35.5 Å². The summed E-state index contributed by atoms with van der Waals surface area (Å²) >= 11 is 1.28. The van der Waals surface area contributed by atoms with Crippen LogP contribution >= 0.6 is 11.3 Å². The number of ketones is 1. The predicted molar refractivity (Wildman–Crippen MR) is 74.1 cm³/mol. The molecule has 0 spiro atoms. The summed E-state index contributed by atoms with van der Waals surface area (Å²) in [6.07, 6.45) is 1.25. The van der Waals surface area contributed by atoms with Crippen LogP contribution in [0.3, 0.4) is 0 Å². The van der Waals surface area contributed by atoms with Crippen LogP contribution < -0.4 is 9.47 Å². The van der Waals surface area contributed by atoms with Crippen LogP contribution in [0.25, 0.3) is 10.1 Å². The number of fused-ring (bicyclic) bond motifs is 1. The number of Topliss-reactive ketones (excluding diaryl/α,β-unsaturated/α-hetero) is 1. The molecule has 3 nitrogen and oxygen atoms in total. The molecular weight excluding hydrogens is 267 g/mol. The first-order chi connectivity index (χ1) is 9.12. The number of halogens is 1. The molecule has 2 rings (SSSR count). The number of methoxy groups -OCH3 is 2. The molecule has 1 aromatic carbocycles. The van der Waals surface area contributed by atoms with E-state index in [-0.39, 0.29) is 11.5 Å². The van der Waals surface area contributed by atoms with E-state index in [1.807, 2.05) is 6.92 Å². The van der Waals surface area contributed by atoms with Gasteiger partial charge in [-0.2, -0.15) is 0 Å². The zero-order valence-corrected chi connectivity index (χ0v) is 11.9. The monoisotopic (exact) mass is 282 g/mol. The molecule has 0 saturated heterocycles. The van der Waals surface area contributed by atoms with Crippen molar-refractivity contribution >= 4 is 27.2 Å². The number of carbonyl (C=O) groups excluding carboxylic acids is 1. The van der Waals surface area contributed by atoms with E-state index in [1.54, 1.807) is 12.1 Å². The van der Waals surface area contributed by atoms with Gasteiger partial charge in [-0.05, 0) is 12.5 Å². The molecule has 1 aromatic heterocycles. The second kappa shape index (κ2) is 5.57. The zero-order valence-electron chi connectivity index (χ0n) is 11.1. The van der Waals surface area contributed by atoms with Crippen LogP contribution in [0.4, 0.5) is 4.39 Å². The fourth-order valence-corrected chi connectivity index (χ4v) is 2.98. The molecule has 0 amide bonds. The van der Waals surface area contributed by atoms with E-state index in [4.69, 9.17) is 9.47 Å². The fraction of sp³-hybridized carbons (Fsp3) is 0.357. The molecule has 2 aromatic rings. The molecule has 0 aliphatic carbocycles. The maximum Gasteiger partial charge on any atom is 0.197 e. The smallest absolute Gasteiger partial charge is 0.197 e. The van der Waals surface area contributed by atoms with Crippen molar-refractivity contribution < 1.29 is 18.7 Å². The van der Waals surface area contributed by atoms with Gasteiger partial charge in [0.2, 0.25) is 0 Å². The number of hydrogen-bond donors (Lipinski definition) is 0. The van der Waals surface area contributed by atoms with E-state index in [2.05, 4.69) is 0 Å². The second-order valence-corrected chi connectivity index (χ2v) is 5.21. The molecule has 19 heavy (non-hydrogen) atoms. The van der Waals surface area contributed by atoms with Crippen molar-refractivity contribution in [3.8, 4) is 11.5 Å². The SMILES string of the molecule is CCCC(=O)c1cc2c(F)c(OC)c(OC)cc2s1. The summed E-state index contributed by atoms with van der Waals surface area (Å²) < 4.78 is 25.1. The Morgan fingerprint density at radius 2 is 2.05 bits per heavy atom. The van der Waals surface area contributed by atoms with Crippen LogP contribution in [0, 0.1) is 5.82 Å². The summed E-state index contributed by atoms with van der Waals surface area (Å²) in [7, 11) is 2.85. The minimum absolute atomic E-state index is 0.0426. The van der Waals surface area contributed by atoms with Crippen molar-refractivity contribution in [1.29, 1.82) is 0 Å². The quantitative estimate of drug-likeness (QED) is 0.776. The highest BCUT2D eigenvalue weighted by Crippen LogP contribution is 2.39. The van der Waals surface area contributed by atoms with Gasteiger partial charge in [0.1, 0.15) is 0 Å². The lowest BCUT2D eigenvalue weighted by Crippen LogP contribution is -1.94. The Hall–Kier alpha value is -1.62. The second-order valence-electron chi connectivity index (χ2n) is 4.12. The fourth-order valence-electron chi connectivity index (χ4n) is 1.93. The zero-order chi connectivity index (χ0) is 14.0. The lowest BCUT2D eigenvalue weighted by Gasteiger charge is -2.08. The number of benzene rings is 1. The Bertz CT molecular complexity index is 619. The molecule has 0 bridgehead atoms. The van der Waals surface area contributed by atoms with Crippen LogP contribution in [-0.2, 0) is 0 Å². The summed E-state index contributed by atoms with van der Waals surface area (Å²) in [6.45, 7) is 1.94. The van der Waals surface area contributed by atoms with Gasteiger partial charge in [-0.25, -0.2) is 4.39 Å². The summed E-state index contributed by atoms with van der Waals surface area (Å²) in [5, 5.41) is 0.405. The largest absolute Gasteiger partial charge is 0.493 e. The van der Waals surface area contributed by atoms with E-state index in [0.717, 1.165) is 6.42 Å². The molecule has 0 N–H and O–H groups in total. The number of thiophene rings is 1. The minimum atomic E-state index is -0.483. The number of rotatable bonds is 5. The standard InChI is InChI=1S/C14H15FO3S/c1-4-5-9(16)12-6-8-11(19-12)7-10(17-2)14(18-3)13(8)15/h6-7H,4-5H2,1-3H3. The molecule has 0 radical (unpaired) electrons. The van der Waals surface area contributed by atoms with Gasteiger partial charge < -0.3 is 9.47 Å². The molecule has 0 unspecified atom stereocenters. The van der Waals surface area contributed by atoms with Crippen LogP contribution in [-0.4, -0.2) is 20.0 Å². The Balaban J connectivity index is 2.59. The van der Waals surface area contributed by atoms with Gasteiger partial charge in [-0.15, -0.1) is 11.3 Å². The van der Waals surface area contributed by atoms with Crippen molar-refractivity contribution in [3.63, 3.8) is 0 Å². The predicted octanol–water partition coefficient (Wildman–Crippen LogP) is 4.04. The summed E-state index contributed by atoms with van der Waals surface area (Å²) in [5.41, 5.74) is 0. The van der Waals surface area contributed by atoms with E-state index >= 15 is 0 Å². The van der Waals surface area contributed by atoms with Gasteiger partial charge in [0, 0.05) is 22.6 Å². The first-order valence-electron chi connectivity index (χ1n) is 5.99. The van der Waals surface area contributed by atoms with Gasteiger partial charge in [-0.1, -0.05) is 6.92 Å². The molecule has 5 heteroatoms. The summed E-state index contributed by atoms with van der Waals surface area (Å²) in [4.78, 5) is 12.4. The molecule has 0 aliphatic rings. The molecular formula is C14H15FO3S. The lowest BCUT2D eigenvalue weighted by atomic mass is 10.1. The van der Waals surface area contributed by atoms with Gasteiger partial charge in [-0.3, -0.25) is 4.79 Å². The van der Waals surface area contributed by atoms with Crippen LogP contribution in [0.15, 0.2) is 12.1 Å². The van der Waals surface area contributed by atoms with Crippen molar-refractivity contribution in [2.45, 2.75) is 19.8 Å². The number of carbonyl (C=O) groups is 1. The first kappa shape index (κ1) is 13.8. The third-order valence-corrected chi connectivity index (χ3v) is 3.98. The van der Waals surface area contributed by atoms with E-state index in [1.165, 1.54) is 25.6 Å². The summed E-state index contributed by atoms with van der Waals surface area (Å²) in [6, 6.07) is 3.29. The van der Waals surface area contributed by atoms with Crippen molar-refractivity contribution in [2.24, 2.45) is 0 Å². The van der Waals surface area contributed by atoms with Crippen molar-refractivity contribution in [1.82, 2.24) is 0 Å². The normalized spacial score (nSPS) is 10.7. The van der Waals surface area contributed by atoms with Gasteiger partial charge in [0.25, 0.3) is 0 Å². The molecule has 0 saturated carbocycles. The maximum atomic E-state index is 14.3. The number of hydrogen-bond acceptors (Lipinski definition) is 4. The van der Waals surface area contributed by atoms with Gasteiger partial charge in [0.05, 0.1) is 19.1 Å². The first-order valence-corrected chi connectivity index (χ1v) is 6.81. The average molecular weight is 282 g/mol. The van der Waals surface area contributed by atoms with E-state index in [0.29, 0.717) is 27.1 Å². The van der Waals surface area contributed by atoms with E-state index in [9.17, 15) is 9.18 Å². The maximum absolute atomic E-state index is 14.3. The highest BCUT2D eigenvalue weighted by atomic mass is 32.1. The molecule has 0 fully saturated rings. The Labute approximate surface area is 114 Å². The molecule has 0 aliphatic heterocycles. The Kier molecular flexibility index (Phi) is 4.04. The molecule has 1 heterocycles. The third kappa shape index (κ3) is 2.42. The third-order valence-electron chi connectivity index (χ3n) is 2.86.